The van der Waals surface area contributed by atoms with Crippen molar-refractivity contribution in [3.63, 3.8) is 0 Å². The number of hydrogen-bond acceptors (Lipinski definition) is 4. The fraction of sp³-hybridized carbons (Fsp3) is 0.225. The molecule has 0 bridgehead atoms. The molecule has 380 valence electrons. The van der Waals surface area contributed by atoms with E-state index in [4.69, 9.17) is 9.97 Å². The van der Waals surface area contributed by atoms with Crippen LogP contribution in [0.15, 0.2) is 200 Å². The lowest BCUT2D eigenvalue weighted by atomic mass is 9.33. The average Bonchev–Trinajstić information content (AvgIpc) is 3.43. The highest BCUT2D eigenvalue weighted by Gasteiger charge is 2.45. The van der Waals surface area contributed by atoms with Crippen LogP contribution in [-0.4, -0.2) is 16.7 Å². The first-order valence-corrected chi connectivity index (χ1v) is 27.4. The lowest BCUT2D eigenvalue weighted by molar-refractivity contribution is -0.505. The largest absolute Gasteiger partial charge is 0.311 e. The summed E-state index contributed by atoms with van der Waals surface area (Å²) >= 11 is 0. The second kappa shape index (κ2) is 18.3. The Kier molecular flexibility index (Phi) is 11.8. The topological polar surface area (TPSA) is 36.4 Å². The lowest BCUT2D eigenvalue weighted by Gasteiger charge is -2.45. The molecule has 2 aliphatic heterocycles. The number of rotatable bonds is 6. The predicted molar refractivity (Wildman–Crippen MR) is 326 cm³/mol. The smallest absolute Gasteiger partial charge is 0.308 e. The highest BCUT2D eigenvalue weighted by atomic mass is 15.2. The van der Waals surface area contributed by atoms with Gasteiger partial charge >= 0.3 is 5.82 Å². The van der Waals surface area contributed by atoms with Crippen molar-refractivity contribution in [2.75, 3.05) is 9.80 Å². The summed E-state index contributed by atoms with van der Waals surface area (Å²) in [5.74, 6) is 1.50. The molecule has 0 spiro atoms. The normalized spacial score (nSPS) is 13.4. The van der Waals surface area contributed by atoms with Crippen molar-refractivity contribution < 1.29 is 4.40 Å². The fourth-order valence-electron chi connectivity index (χ4n) is 11.4. The summed E-state index contributed by atoms with van der Waals surface area (Å²) in [6.07, 6.45) is 2.07. The van der Waals surface area contributed by atoms with Gasteiger partial charge < -0.3 is 9.80 Å². The van der Waals surface area contributed by atoms with Crippen molar-refractivity contribution in [3.05, 3.63) is 223 Å². The van der Waals surface area contributed by atoms with E-state index in [0.717, 1.165) is 56.7 Å². The van der Waals surface area contributed by atoms with Gasteiger partial charge in [0.15, 0.2) is 0 Å². The number of nitrogens with zero attached hydrogens (tertiary/aromatic N) is 5. The van der Waals surface area contributed by atoms with E-state index in [1.54, 1.807) is 0 Å². The van der Waals surface area contributed by atoms with Crippen LogP contribution >= 0.6 is 0 Å². The minimum atomic E-state index is -0.146. The van der Waals surface area contributed by atoms with Gasteiger partial charge in [0.2, 0.25) is 0 Å². The Morgan fingerprint density at radius 3 is 1.17 bits per heavy atom. The van der Waals surface area contributed by atoms with Crippen molar-refractivity contribution in [2.45, 2.75) is 105 Å². The third-order valence-corrected chi connectivity index (χ3v) is 15.9. The Hall–Kier alpha value is -8.09. The quantitative estimate of drug-likeness (QED) is 0.123. The van der Waals surface area contributed by atoms with E-state index in [1.807, 2.05) is 0 Å². The minimum Gasteiger partial charge on any atom is -0.311 e. The molecule has 4 heterocycles. The molecule has 0 radical (unpaired) electrons. The van der Waals surface area contributed by atoms with Crippen molar-refractivity contribution in [3.8, 4) is 45.0 Å². The molecule has 2 aliphatic rings. The Morgan fingerprint density at radius 2 is 0.753 bits per heavy atom. The Bertz CT molecular complexity index is 3660. The summed E-state index contributed by atoms with van der Waals surface area (Å²) in [6, 6.07) is 72.4. The van der Waals surface area contributed by atoms with Gasteiger partial charge in [0, 0.05) is 40.2 Å². The Balaban J connectivity index is 1.26. The van der Waals surface area contributed by atoms with Crippen LogP contribution in [0.1, 0.15) is 105 Å². The Morgan fingerprint density at radius 1 is 0.351 bits per heavy atom. The number of anilines is 6. The second-order valence-electron chi connectivity index (χ2n) is 25.5. The van der Waals surface area contributed by atoms with Gasteiger partial charge in [0.25, 0.3) is 18.2 Å². The highest BCUT2D eigenvalue weighted by molar-refractivity contribution is 7.00. The van der Waals surface area contributed by atoms with E-state index in [0.29, 0.717) is 5.82 Å². The maximum absolute atomic E-state index is 5.58. The van der Waals surface area contributed by atoms with Gasteiger partial charge in [-0.3, -0.25) is 0 Å². The number of hydrogen-bond donors (Lipinski definition) is 0. The summed E-state index contributed by atoms with van der Waals surface area (Å²) < 4.78 is 2.11. The van der Waals surface area contributed by atoms with Crippen LogP contribution in [0.5, 0.6) is 0 Å². The van der Waals surface area contributed by atoms with Gasteiger partial charge in [0.05, 0.1) is 17.3 Å². The van der Waals surface area contributed by atoms with Crippen LogP contribution in [0.4, 0.5) is 34.1 Å². The molecule has 0 saturated carbocycles. The van der Waals surface area contributed by atoms with Crippen molar-refractivity contribution in [2.24, 2.45) is 0 Å². The minimum absolute atomic E-state index is 0.119. The molecule has 12 rings (SSSR count). The zero-order chi connectivity index (χ0) is 53.8. The molecule has 6 heteroatoms. The number of aromatic nitrogens is 3. The molecule has 0 saturated heterocycles. The van der Waals surface area contributed by atoms with Crippen LogP contribution in [0.3, 0.4) is 0 Å². The maximum atomic E-state index is 5.58. The van der Waals surface area contributed by atoms with E-state index in [1.165, 1.54) is 60.9 Å². The number of fused-ring (bicyclic) bond motifs is 5. The first-order chi connectivity index (χ1) is 36.7. The van der Waals surface area contributed by atoms with E-state index in [2.05, 4.69) is 298 Å². The summed E-state index contributed by atoms with van der Waals surface area (Å²) in [4.78, 5) is 16.2. The fourth-order valence-corrected chi connectivity index (χ4v) is 11.4. The first kappa shape index (κ1) is 49.8. The summed E-state index contributed by atoms with van der Waals surface area (Å²) in [7, 11) is 0. The molecule has 0 fully saturated rings. The maximum Gasteiger partial charge on any atom is 0.308 e. The van der Waals surface area contributed by atoms with Gasteiger partial charge in [-0.25, -0.2) is 0 Å². The van der Waals surface area contributed by atoms with Crippen LogP contribution in [-0.2, 0) is 21.7 Å². The van der Waals surface area contributed by atoms with Crippen LogP contribution in [0.25, 0.3) is 50.7 Å². The van der Waals surface area contributed by atoms with Gasteiger partial charge in [-0.2, -0.15) is 4.40 Å². The highest BCUT2D eigenvalue weighted by Crippen LogP contribution is 2.49. The van der Waals surface area contributed by atoms with Crippen molar-refractivity contribution >= 4 is 62.9 Å². The van der Waals surface area contributed by atoms with Crippen LogP contribution in [0.2, 0.25) is 0 Å². The van der Waals surface area contributed by atoms with Crippen LogP contribution in [0, 0.1) is 0 Å². The molecular formula is C71H69BN5+. The average molecular weight is 1000 g/mol. The van der Waals surface area contributed by atoms with Gasteiger partial charge in [-0.15, -0.1) is 0 Å². The lowest BCUT2D eigenvalue weighted by Crippen LogP contribution is -2.61. The molecule has 0 N–H and O–H groups in total. The third kappa shape index (κ3) is 9.02. The zero-order valence-corrected chi connectivity index (χ0v) is 46.9. The molecule has 77 heavy (non-hydrogen) atoms. The molecule has 10 aromatic rings. The second-order valence-corrected chi connectivity index (χ2v) is 25.5. The molecule has 0 aliphatic carbocycles. The molecule has 8 aromatic carbocycles. The monoisotopic (exact) mass is 1000 g/mol. The molecule has 2 aromatic heterocycles. The molecule has 0 unspecified atom stereocenters. The standard InChI is InChI=1S/C71H69BN5/c1-68(2,3)52-40-53(69(4,5)6)43-56(42-52)76-60-33-31-49(46-24-16-13-17-25-46)36-58(60)72-59-37-50(47-26-18-14-19-27-47)32-34-61(59)77(57-44-54(70(7,8)9)41-55(45-57)71(10,11)12)63-39-51(38-62(76)65(63)72)66-73-64-30-22-23-35-75(64)67(74-66)48-28-20-15-21-29-48/h13-45H,1-12H3/q+1. The van der Waals surface area contributed by atoms with Crippen molar-refractivity contribution in [1.82, 2.24) is 9.97 Å². The van der Waals surface area contributed by atoms with E-state index >= 15 is 0 Å². The molecule has 0 atom stereocenters. The van der Waals surface area contributed by atoms with Gasteiger partial charge in [-0.05, 0) is 149 Å². The van der Waals surface area contributed by atoms with Crippen LogP contribution < -0.4 is 30.6 Å². The van der Waals surface area contributed by atoms with Crippen molar-refractivity contribution in [1.29, 1.82) is 0 Å². The summed E-state index contributed by atoms with van der Waals surface area (Å²) in [5.41, 5.74) is 22.9. The Labute approximate surface area is 457 Å². The van der Waals surface area contributed by atoms with E-state index in [9.17, 15) is 0 Å². The third-order valence-electron chi connectivity index (χ3n) is 15.9. The zero-order valence-electron chi connectivity index (χ0n) is 46.9. The number of benzene rings is 8. The number of pyridine rings is 1. The molecule has 5 nitrogen and oxygen atoms in total. The summed E-state index contributed by atoms with van der Waals surface area (Å²) in [6.45, 7) is 27.9. The van der Waals surface area contributed by atoms with E-state index in [-0.39, 0.29) is 28.4 Å². The van der Waals surface area contributed by atoms with Gasteiger partial charge in [0.1, 0.15) is 0 Å². The molecular weight excluding hydrogens is 934 g/mol. The predicted octanol–water partition coefficient (Wildman–Crippen LogP) is 16.2. The molecule has 0 amide bonds. The van der Waals surface area contributed by atoms with Gasteiger partial charge in [-0.1, -0.05) is 214 Å². The summed E-state index contributed by atoms with van der Waals surface area (Å²) in [5, 5.41) is 0. The van der Waals surface area contributed by atoms with E-state index < -0.39 is 0 Å². The first-order valence-electron chi connectivity index (χ1n) is 27.4. The SMILES string of the molecule is CC(C)(C)c1cc(N2c3ccc(-c4ccccc4)cc3B3c4cc(-c5ccccc5)ccc4N(c4cc(C(C)(C)C)cc(C(C)(C)C)c4)c4cc(-c5nc(-c6ccccc6)[n+]6ccccc6n5)cc2c43)cc(C(C)(C)C)c1.